The Kier molecular flexibility index (Phi) is 6.18. The SMILES string of the molecule is CSCc1cccc2c(C(CCCS(=O)(=O)O)c3ccc4ccccc4c3)c[nH]c12. The molecule has 6 heteroatoms. The molecule has 156 valence electrons. The van der Waals surface area contributed by atoms with Gasteiger partial charge in [0.05, 0.1) is 5.75 Å². The Bertz CT molecular complexity index is 1280. The Balaban J connectivity index is 1.78. The van der Waals surface area contributed by atoms with Gasteiger partial charge in [0, 0.05) is 28.8 Å². The van der Waals surface area contributed by atoms with Crippen LogP contribution in [-0.4, -0.2) is 30.0 Å². The van der Waals surface area contributed by atoms with Crippen LogP contribution in [0.3, 0.4) is 0 Å². The number of aromatic amines is 1. The van der Waals surface area contributed by atoms with E-state index in [0.29, 0.717) is 12.8 Å². The molecule has 0 aliphatic rings. The molecule has 4 rings (SSSR count). The van der Waals surface area contributed by atoms with E-state index in [1.165, 1.54) is 21.9 Å². The number of benzene rings is 3. The molecule has 1 aromatic heterocycles. The Labute approximate surface area is 181 Å². The number of H-pyrrole nitrogens is 1. The highest BCUT2D eigenvalue weighted by Crippen LogP contribution is 2.37. The molecule has 1 atom stereocenters. The van der Waals surface area contributed by atoms with Gasteiger partial charge in [-0.3, -0.25) is 4.55 Å². The van der Waals surface area contributed by atoms with Gasteiger partial charge in [-0.15, -0.1) is 0 Å². The van der Waals surface area contributed by atoms with Gasteiger partial charge in [-0.2, -0.15) is 20.2 Å². The fraction of sp³-hybridized carbons (Fsp3) is 0.250. The summed E-state index contributed by atoms with van der Waals surface area (Å²) in [4.78, 5) is 3.45. The zero-order valence-corrected chi connectivity index (χ0v) is 18.5. The Morgan fingerprint density at radius 3 is 2.60 bits per heavy atom. The van der Waals surface area contributed by atoms with E-state index in [0.717, 1.165) is 22.2 Å². The van der Waals surface area contributed by atoms with Gasteiger partial charge < -0.3 is 4.98 Å². The lowest BCUT2D eigenvalue weighted by Crippen LogP contribution is -2.07. The van der Waals surface area contributed by atoms with Crippen molar-refractivity contribution >= 4 is 43.6 Å². The van der Waals surface area contributed by atoms with Crippen molar-refractivity contribution in [1.29, 1.82) is 0 Å². The second-order valence-corrected chi connectivity index (χ2v) is 10.0. The van der Waals surface area contributed by atoms with Gasteiger partial charge in [0.1, 0.15) is 0 Å². The molecule has 4 aromatic rings. The Hall–Kier alpha value is -2.28. The normalized spacial score (nSPS) is 13.1. The molecule has 30 heavy (non-hydrogen) atoms. The third-order valence-electron chi connectivity index (χ3n) is 5.58. The molecule has 0 fully saturated rings. The van der Waals surface area contributed by atoms with Crippen LogP contribution in [0.5, 0.6) is 0 Å². The van der Waals surface area contributed by atoms with Gasteiger partial charge in [-0.25, -0.2) is 0 Å². The average molecular weight is 440 g/mol. The van der Waals surface area contributed by atoms with E-state index in [1.807, 2.05) is 12.1 Å². The lowest BCUT2D eigenvalue weighted by Gasteiger charge is -2.18. The monoisotopic (exact) mass is 439 g/mol. The first-order chi connectivity index (χ1) is 14.5. The van der Waals surface area contributed by atoms with Crippen molar-refractivity contribution in [3.63, 3.8) is 0 Å². The van der Waals surface area contributed by atoms with Crippen LogP contribution in [-0.2, 0) is 15.9 Å². The first-order valence-corrected chi connectivity index (χ1v) is 13.0. The summed E-state index contributed by atoms with van der Waals surface area (Å²) in [6.07, 6.45) is 5.18. The fourth-order valence-corrected chi connectivity index (χ4v) is 5.28. The number of aromatic nitrogens is 1. The minimum absolute atomic E-state index is 0.0367. The summed E-state index contributed by atoms with van der Waals surface area (Å²) in [5.74, 6) is 0.743. The van der Waals surface area contributed by atoms with E-state index < -0.39 is 10.1 Å². The third-order valence-corrected chi connectivity index (χ3v) is 6.98. The molecule has 0 amide bonds. The summed E-state index contributed by atoms with van der Waals surface area (Å²) >= 11 is 1.79. The first kappa shape index (κ1) is 21.0. The predicted molar refractivity (Wildman–Crippen MR) is 127 cm³/mol. The van der Waals surface area contributed by atoms with E-state index in [-0.39, 0.29) is 11.7 Å². The second kappa shape index (κ2) is 8.84. The Morgan fingerprint density at radius 1 is 1.03 bits per heavy atom. The molecular formula is C24H25NO3S2. The van der Waals surface area contributed by atoms with Gasteiger partial charge in [-0.05, 0) is 46.6 Å². The number of nitrogens with one attached hydrogen (secondary N) is 1. The highest BCUT2D eigenvalue weighted by atomic mass is 32.2. The highest BCUT2D eigenvalue weighted by Gasteiger charge is 2.20. The van der Waals surface area contributed by atoms with E-state index in [9.17, 15) is 13.0 Å². The molecule has 0 radical (unpaired) electrons. The van der Waals surface area contributed by atoms with Crippen LogP contribution in [0.15, 0.2) is 66.9 Å². The standard InChI is InChI=1S/C24H25NO3S2/c1-29-16-20-8-4-9-22-23(15-25-24(20)22)21(10-5-13-30(26,27)28)19-12-11-17-6-2-3-7-18(17)14-19/h2-4,6-9,11-12,14-15,21,25H,5,10,13,16H2,1H3,(H,26,27,28). The van der Waals surface area contributed by atoms with Crippen LogP contribution >= 0.6 is 11.8 Å². The first-order valence-electron chi connectivity index (χ1n) is 9.98. The topological polar surface area (TPSA) is 70.2 Å². The largest absolute Gasteiger partial charge is 0.361 e. The molecule has 1 heterocycles. The van der Waals surface area contributed by atoms with Crippen LogP contribution in [0.25, 0.3) is 21.7 Å². The van der Waals surface area contributed by atoms with Crippen LogP contribution in [0, 0.1) is 0 Å². The number of hydrogen-bond acceptors (Lipinski definition) is 3. The average Bonchev–Trinajstić information content (AvgIpc) is 3.15. The van der Waals surface area contributed by atoms with Crippen molar-refractivity contribution in [3.8, 4) is 0 Å². The van der Waals surface area contributed by atoms with Crippen molar-refractivity contribution in [2.75, 3.05) is 12.0 Å². The summed E-state index contributed by atoms with van der Waals surface area (Å²) in [5, 5.41) is 3.52. The quantitative estimate of drug-likeness (QED) is 0.331. The summed E-state index contributed by atoms with van der Waals surface area (Å²) in [7, 11) is -3.97. The van der Waals surface area contributed by atoms with Gasteiger partial charge in [0.15, 0.2) is 0 Å². The van der Waals surface area contributed by atoms with E-state index >= 15 is 0 Å². The van der Waals surface area contributed by atoms with Gasteiger partial charge in [-0.1, -0.05) is 60.7 Å². The Morgan fingerprint density at radius 2 is 1.83 bits per heavy atom. The lowest BCUT2D eigenvalue weighted by atomic mass is 9.86. The van der Waals surface area contributed by atoms with E-state index in [1.54, 1.807) is 11.8 Å². The molecule has 1 unspecified atom stereocenters. The molecule has 0 saturated heterocycles. The zero-order valence-electron chi connectivity index (χ0n) is 16.8. The summed E-state index contributed by atoms with van der Waals surface area (Å²) < 4.78 is 31.8. The number of thioether (sulfide) groups is 1. The molecule has 0 saturated carbocycles. The number of para-hydroxylation sites is 1. The van der Waals surface area contributed by atoms with Crippen molar-refractivity contribution in [2.45, 2.75) is 24.5 Å². The molecule has 0 bridgehead atoms. The minimum atomic E-state index is -3.97. The fourth-order valence-electron chi connectivity index (χ4n) is 4.20. The third kappa shape index (κ3) is 4.56. The highest BCUT2D eigenvalue weighted by molar-refractivity contribution is 7.97. The van der Waals surface area contributed by atoms with Crippen LogP contribution in [0.2, 0.25) is 0 Å². The second-order valence-electron chi connectivity index (χ2n) is 7.60. The van der Waals surface area contributed by atoms with Crippen molar-refractivity contribution in [1.82, 2.24) is 4.98 Å². The lowest BCUT2D eigenvalue weighted by molar-refractivity contribution is 0.479. The summed E-state index contributed by atoms with van der Waals surface area (Å²) in [5.41, 5.74) is 4.72. The smallest absolute Gasteiger partial charge is 0.264 e. The minimum Gasteiger partial charge on any atom is -0.361 e. The van der Waals surface area contributed by atoms with Crippen molar-refractivity contribution in [3.05, 3.63) is 83.6 Å². The molecule has 3 aromatic carbocycles. The van der Waals surface area contributed by atoms with Gasteiger partial charge in [0.25, 0.3) is 10.1 Å². The molecule has 0 aliphatic heterocycles. The maximum absolute atomic E-state index is 11.3. The predicted octanol–water partition coefficient (Wildman–Crippen LogP) is 5.98. The number of rotatable bonds is 8. The van der Waals surface area contributed by atoms with Gasteiger partial charge in [0.2, 0.25) is 0 Å². The summed E-state index contributed by atoms with van der Waals surface area (Å²) in [6, 6.07) is 21.0. The maximum Gasteiger partial charge on any atom is 0.264 e. The number of fused-ring (bicyclic) bond motifs is 2. The van der Waals surface area contributed by atoms with Crippen molar-refractivity contribution in [2.24, 2.45) is 0 Å². The zero-order chi connectivity index (χ0) is 21.1. The van der Waals surface area contributed by atoms with Crippen molar-refractivity contribution < 1.29 is 13.0 Å². The van der Waals surface area contributed by atoms with E-state index in [4.69, 9.17) is 0 Å². The molecule has 4 nitrogen and oxygen atoms in total. The van der Waals surface area contributed by atoms with E-state index in [2.05, 4.69) is 66.0 Å². The van der Waals surface area contributed by atoms with Crippen LogP contribution < -0.4 is 0 Å². The van der Waals surface area contributed by atoms with Gasteiger partial charge >= 0.3 is 0 Å². The molecule has 0 spiro atoms. The molecule has 0 aliphatic carbocycles. The molecule has 2 N–H and O–H groups in total. The summed E-state index contributed by atoms with van der Waals surface area (Å²) in [6.45, 7) is 0. The van der Waals surface area contributed by atoms with Crippen LogP contribution in [0.4, 0.5) is 0 Å². The molecular weight excluding hydrogens is 414 g/mol. The van der Waals surface area contributed by atoms with Crippen LogP contribution in [0.1, 0.15) is 35.4 Å². The maximum atomic E-state index is 11.3. The number of hydrogen-bond donors (Lipinski definition) is 2.